The first-order valence-corrected chi connectivity index (χ1v) is 12.3. The molecule has 180 valence electrons. The third kappa shape index (κ3) is 5.75. The van der Waals surface area contributed by atoms with Crippen LogP contribution in [0.3, 0.4) is 0 Å². The zero-order chi connectivity index (χ0) is 24.9. The number of aromatic nitrogens is 2. The van der Waals surface area contributed by atoms with Gasteiger partial charge in [0.25, 0.3) is 0 Å². The Hall–Kier alpha value is -3.13. The van der Waals surface area contributed by atoms with Crippen LogP contribution in [-0.2, 0) is 4.79 Å². The van der Waals surface area contributed by atoms with Gasteiger partial charge < -0.3 is 19.8 Å². The van der Waals surface area contributed by atoms with Crippen LogP contribution in [-0.4, -0.2) is 35.3 Å². The van der Waals surface area contributed by atoms with E-state index in [1.807, 2.05) is 48.5 Å². The zero-order valence-corrected chi connectivity index (χ0v) is 21.6. The number of nitrogens with zero attached hydrogens (tertiary/aromatic N) is 1. The standard InChI is InChI=1S/C26H23Cl2N3O3S/c1-15(25(32)29-21-6-4-5-20(27)22(21)28)35-26-30-23(16-7-11-18(33-2)12-8-16)24(31-26)17-9-13-19(34-3)14-10-17/h4-15H,1-3H3,(H,29,32)(H,30,31). The van der Waals surface area contributed by atoms with Crippen LogP contribution in [0.4, 0.5) is 5.69 Å². The molecule has 0 bridgehead atoms. The van der Waals surface area contributed by atoms with E-state index in [2.05, 4.69) is 10.3 Å². The molecule has 9 heteroatoms. The van der Waals surface area contributed by atoms with Crippen molar-refractivity contribution in [3.8, 4) is 34.0 Å². The first-order chi connectivity index (χ1) is 16.9. The van der Waals surface area contributed by atoms with Gasteiger partial charge in [0, 0.05) is 11.1 Å². The minimum absolute atomic E-state index is 0.215. The second-order valence-electron chi connectivity index (χ2n) is 7.57. The Balaban J connectivity index is 1.62. The normalized spacial score (nSPS) is 11.7. The van der Waals surface area contributed by atoms with Crippen molar-refractivity contribution >= 4 is 46.6 Å². The number of carbonyl (C=O) groups excluding carboxylic acids is 1. The van der Waals surface area contributed by atoms with Gasteiger partial charge in [0.15, 0.2) is 5.16 Å². The van der Waals surface area contributed by atoms with E-state index in [4.69, 9.17) is 37.7 Å². The average molecular weight is 528 g/mol. The van der Waals surface area contributed by atoms with Crippen LogP contribution in [0.5, 0.6) is 11.5 Å². The van der Waals surface area contributed by atoms with E-state index in [0.29, 0.717) is 20.9 Å². The summed E-state index contributed by atoms with van der Waals surface area (Å²) in [4.78, 5) is 21.1. The Morgan fingerprint density at radius 3 is 2.14 bits per heavy atom. The molecule has 0 aliphatic carbocycles. The molecule has 2 N–H and O–H groups in total. The summed E-state index contributed by atoms with van der Waals surface area (Å²) < 4.78 is 10.6. The lowest BCUT2D eigenvalue weighted by Gasteiger charge is -2.12. The molecule has 1 aromatic heterocycles. The quantitative estimate of drug-likeness (QED) is 0.237. The SMILES string of the molecule is COc1ccc(-c2nc(SC(C)C(=O)Nc3cccc(Cl)c3Cl)[nH]c2-c2ccc(OC)cc2)cc1. The van der Waals surface area contributed by atoms with E-state index >= 15 is 0 Å². The van der Waals surface area contributed by atoms with Crippen molar-refractivity contribution < 1.29 is 14.3 Å². The molecule has 6 nitrogen and oxygen atoms in total. The molecule has 0 fully saturated rings. The fraction of sp³-hybridized carbons (Fsp3) is 0.154. The number of halogens is 2. The molecule has 0 saturated carbocycles. The molecular weight excluding hydrogens is 505 g/mol. The second kappa shape index (κ2) is 11.1. The summed E-state index contributed by atoms with van der Waals surface area (Å²) in [6.07, 6.45) is 0. The molecule has 1 amide bonds. The lowest BCUT2D eigenvalue weighted by atomic mass is 10.0. The van der Waals surface area contributed by atoms with Crippen LogP contribution >= 0.6 is 35.0 Å². The lowest BCUT2D eigenvalue weighted by Crippen LogP contribution is -2.22. The highest BCUT2D eigenvalue weighted by Crippen LogP contribution is 2.36. The van der Waals surface area contributed by atoms with Crippen molar-refractivity contribution in [1.82, 2.24) is 9.97 Å². The van der Waals surface area contributed by atoms with Gasteiger partial charge in [-0.05, 0) is 67.6 Å². The summed E-state index contributed by atoms with van der Waals surface area (Å²) in [6.45, 7) is 1.81. The van der Waals surface area contributed by atoms with E-state index in [-0.39, 0.29) is 5.91 Å². The number of H-pyrrole nitrogens is 1. The fourth-order valence-corrected chi connectivity index (χ4v) is 4.54. The summed E-state index contributed by atoms with van der Waals surface area (Å²) in [5.74, 6) is 1.31. The van der Waals surface area contributed by atoms with Crippen molar-refractivity contribution in [3.63, 3.8) is 0 Å². The van der Waals surface area contributed by atoms with Gasteiger partial charge in [-0.2, -0.15) is 0 Å². The van der Waals surface area contributed by atoms with Gasteiger partial charge >= 0.3 is 0 Å². The maximum absolute atomic E-state index is 12.8. The molecule has 1 heterocycles. The van der Waals surface area contributed by atoms with Crippen LogP contribution in [0.1, 0.15) is 6.92 Å². The van der Waals surface area contributed by atoms with Gasteiger partial charge in [0.2, 0.25) is 5.91 Å². The number of aromatic amines is 1. The van der Waals surface area contributed by atoms with E-state index in [1.165, 1.54) is 11.8 Å². The first-order valence-electron chi connectivity index (χ1n) is 10.7. The maximum Gasteiger partial charge on any atom is 0.237 e. The van der Waals surface area contributed by atoms with E-state index in [1.54, 1.807) is 39.3 Å². The molecule has 1 unspecified atom stereocenters. The number of ether oxygens (including phenoxy) is 2. The first kappa shape index (κ1) is 25.0. The van der Waals surface area contributed by atoms with Crippen LogP contribution in [0.25, 0.3) is 22.5 Å². The second-order valence-corrected chi connectivity index (χ2v) is 9.69. The molecule has 0 saturated heterocycles. The van der Waals surface area contributed by atoms with Gasteiger partial charge in [-0.25, -0.2) is 4.98 Å². The summed E-state index contributed by atoms with van der Waals surface area (Å²) in [5.41, 5.74) is 3.94. The minimum Gasteiger partial charge on any atom is -0.497 e. The molecule has 1 atom stereocenters. The molecule has 35 heavy (non-hydrogen) atoms. The topological polar surface area (TPSA) is 76.2 Å². The number of amides is 1. The van der Waals surface area contributed by atoms with Gasteiger partial charge in [0.05, 0.1) is 46.6 Å². The highest BCUT2D eigenvalue weighted by Gasteiger charge is 2.21. The molecule has 0 aliphatic rings. The molecule has 0 aliphatic heterocycles. The zero-order valence-electron chi connectivity index (χ0n) is 19.3. The third-order valence-corrected chi connectivity index (χ3v) is 7.09. The summed E-state index contributed by atoms with van der Waals surface area (Å²) in [5, 5.41) is 3.68. The number of methoxy groups -OCH3 is 2. The number of thioether (sulfide) groups is 1. The number of carbonyl (C=O) groups is 1. The number of hydrogen-bond donors (Lipinski definition) is 2. The number of anilines is 1. The summed E-state index contributed by atoms with van der Waals surface area (Å²) in [7, 11) is 3.26. The van der Waals surface area contributed by atoms with Gasteiger partial charge in [-0.15, -0.1) is 0 Å². The Labute approximate surface area is 218 Å². The van der Waals surface area contributed by atoms with Gasteiger partial charge in [0.1, 0.15) is 11.5 Å². The van der Waals surface area contributed by atoms with Crippen LogP contribution < -0.4 is 14.8 Å². The van der Waals surface area contributed by atoms with Crippen molar-refractivity contribution in [2.45, 2.75) is 17.3 Å². The average Bonchev–Trinajstić information content (AvgIpc) is 3.30. The van der Waals surface area contributed by atoms with Crippen LogP contribution in [0.2, 0.25) is 10.0 Å². The van der Waals surface area contributed by atoms with Gasteiger partial charge in [-0.1, -0.05) is 41.0 Å². The van der Waals surface area contributed by atoms with Crippen molar-refractivity contribution in [3.05, 3.63) is 76.8 Å². The molecular formula is C26H23Cl2N3O3S. The maximum atomic E-state index is 12.8. The van der Waals surface area contributed by atoms with Crippen LogP contribution in [0.15, 0.2) is 71.9 Å². The molecule has 0 radical (unpaired) electrons. The number of rotatable bonds is 8. The highest BCUT2D eigenvalue weighted by atomic mass is 35.5. The van der Waals surface area contributed by atoms with E-state index < -0.39 is 5.25 Å². The van der Waals surface area contributed by atoms with Crippen LogP contribution in [0, 0.1) is 0 Å². The predicted octanol–water partition coefficient (Wildman–Crippen LogP) is 7.19. The van der Waals surface area contributed by atoms with E-state index in [0.717, 1.165) is 34.0 Å². The Morgan fingerprint density at radius 2 is 1.54 bits per heavy atom. The number of benzene rings is 3. The lowest BCUT2D eigenvalue weighted by molar-refractivity contribution is -0.115. The summed E-state index contributed by atoms with van der Waals surface area (Å²) >= 11 is 13.6. The monoisotopic (exact) mass is 527 g/mol. The van der Waals surface area contributed by atoms with Crippen molar-refractivity contribution in [2.24, 2.45) is 0 Å². The molecule has 4 aromatic rings. The fourth-order valence-electron chi connectivity index (χ4n) is 3.39. The molecule has 3 aromatic carbocycles. The van der Waals surface area contributed by atoms with E-state index in [9.17, 15) is 4.79 Å². The van der Waals surface area contributed by atoms with Crippen molar-refractivity contribution in [2.75, 3.05) is 19.5 Å². The largest absolute Gasteiger partial charge is 0.497 e. The predicted molar refractivity (Wildman–Crippen MR) is 143 cm³/mol. The molecule has 0 spiro atoms. The number of nitrogens with one attached hydrogen (secondary N) is 2. The van der Waals surface area contributed by atoms with Crippen molar-refractivity contribution in [1.29, 1.82) is 0 Å². The molecule has 4 rings (SSSR count). The highest BCUT2D eigenvalue weighted by molar-refractivity contribution is 8.00. The summed E-state index contributed by atoms with van der Waals surface area (Å²) in [6, 6.07) is 20.5. The Bertz CT molecular complexity index is 1260. The Morgan fingerprint density at radius 1 is 0.943 bits per heavy atom. The number of hydrogen-bond acceptors (Lipinski definition) is 5. The Kier molecular flexibility index (Phi) is 7.90. The number of imidazole rings is 1. The third-order valence-electron chi connectivity index (χ3n) is 5.29. The van der Waals surface area contributed by atoms with Gasteiger partial charge in [-0.3, -0.25) is 4.79 Å². The minimum atomic E-state index is -0.455. The smallest absolute Gasteiger partial charge is 0.237 e.